The zero-order chi connectivity index (χ0) is 13.6. The van der Waals surface area contributed by atoms with Gasteiger partial charge in [-0.3, -0.25) is 4.48 Å². The van der Waals surface area contributed by atoms with Crippen LogP contribution in [0.25, 0.3) is 0 Å². The molecule has 0 spiro atoms. The van der Waals surface area contributed by atoms with E-state index in [1.54, 1.807) is 20.8 Å². The van der Waals surface area contributed by atoms with Gasteiger partial charge in [-0.25, -0.2) is 4.79 Å². The molecule has 3 atom stereocenters. The van der Waals surface area contributed by atoms with Gasteiger partial charge in [0.15, 0.2) is 0 Å². The van der Waals surface area contributed by atoms with E-state index in [0.29, 0.717) is 0 Å². The van der Waals surface area contributed by atoms with Gasteiger partial charge < -0.3 is 20.1 Å². The van der Waals surface area contributed by atoms with Crippen LogP contribution >= 0.6 is 0 Å². The predicted octanol–water partition coefficient (Wildman–Crippen LogP) is -0.447. The van der Waals surface area contributed by atoms with Crippen molar-refractivity contribution in [1.82, 2.24) is 0 Å². The maximum absolute atomic E-state index is 11.5. The summed E-state index contributed by atoms with van der Waals surface area (Å²) in [6.45, 7) is 6.13. The van der Waals surface area contributed by atoms with Gasteiger partial charge in [-0.15, -0.1) is 0 Å². The number of rotatable bonds is 1. The van der Waals surface area contributed by atoms with E-state index in [2.05, 4.69) is 0 Å². The SMILES string of the molecule is CC(C)(C)[N+]1(C(=O)[O-])C[C@H](O)C[C@@]1(C)C(=O)O. The van der Waals surface area contributed by atoms with Gasteiger partial charge >= 0.3 is 5.97 Å². The monoisotopic (exact) mass is 245 g/mol. The van der Waals surface area contributed by atoms with Gasteiger partial charge in [0.05, 0.1) is 5.54 Å². The molecule has 1 fully saturated rings. The van der Waals surface area contributed by atoms with Gasteiger partial charge in [0.2, 0.25) is 5.54 Å². The van der Waals surface area contributed by atoms with Crippen molar-refractivity contribution in [1.29, 1.82) is 0 Å². The van der Waals surface area contributed by atoms with Crippen molar-refractivity contribution < 1.29 is 29.4 Å². The molecule has 1 aliphatic heterocycles. The van der Waals surface area contributed by atoms with E-state index >= 15 is 0 Å². The molecule has 1 aliphatic rings. The number of aliphatic hydroxyl groups is 1. The highest BCUT2D eigenvalue weighted by molar-refractivity contribution is 5.80. The summed E-state index contributed by atoms with van der Waals surface area (Å²) < 4.78 is -0.767. The molecule has 0 radical (unpaired) electrons. The molecule has 6 heteroatoms. The van der Waals surface area contributed by atoms with Crippen LogP contribution in [0.2, 0.25) is 0 Å². The fourth-order valence-corrected chi connectivity index (χ4v) is 3.01. The van der Waals surface area contributed by atoms with Crippen LogP contribution in [0.5, 0.6) is 0 Å². The fourth-order valence-electron chi connectivity index (χ4n) is 3.01. The molecule has 0 aromatic heterocycles. The number of hydrogen-bond donors (Lipinski definition) is 2. The Kier molecular flexibility index (Phi) is 3.01. The lowest BCUT2D eigenvalue weighted by atomic mass is 9.90. The summed E-state index contributed by atoms with van der Waals surface area (Å²) in [5.41, 5.74) is -2.44. The van der Waals surface area contributed by atoms with Gasteiger partial charge in [0.1, 0.15) is 12.6 Å². The number of aliphatic carboxylic acids is 1. The van der Waals surface area contributed by atoms with Crippen LogP contribution in [0.4, 0.5) is 4.79 Å². The smallest absolute Gasteiger partial charge is 0.366 e. The Morgan fingerprint density at radius 2 is 1.88 bits per heavy atom. The average Bonchev–Trinajstić information content (AvgIpc) is 2.38. The molecule has 98 valence electrons. The van der Waals surface area contributed by atoms with Crippen LogP contribution in [-0.2, 0) is 4.79 Å². The van der Waals surface area contributed by atoms with E-state index in [1.807, 2.05) is 0 Å². The molecule has 0 aliphatic carbocycles. The van der Waals surface area contributed by atoms with Crippen LogP contribution in [0.15, 0.2) is 0 Å². The summed E-state index contributed by atoms with van der Waals surface area (Å²) in [4.78, 5) is 22.9. The minimum Gasteiger partial charge on any atom is -0.498 e. The summed E-state index contributed by atoms with van der Waals surface area (Å²) in [6, 6.07) is 0. The van der Waals surface area contributed by atoms with Gasteiger partial charge in [-0.1, -0.05) is 0 Å². The molecule has 1 rings (SSSR count). The molecule has 0 bridgehead atoms. The molecule has 1 saturated heterocycles. The Balaban J connectivity index is 3.49. The molecule has 0 aromatic rings. The van der Waals surface area contributed by atoms with Crippen LogP contribution in [0.3, 0.4) is 0 Å². The quantitative estimate of drug-likeness (QED) is 0.610. The third-order valence-corrected chi connectivity index (χ3v) is 3.88. The van der Waals surface area contributed by atoms with Crippen LogP contribution in [-0.4, -0.2) is 50.5 Å². The average molecular weight is 245 g/mol. The van der Waals surface area contributed by atoms with Crippen molar-refractivity contribution in [2.24, 2.45) is 0 Å². The zero-order valence-corrected chi connectivity index (χ0v) is 10.6. The molecule has 17 heavy (non-hydrogen) atoms. The Hall–Kier alpha value is -1.14. The number of quaternary nitrogens is 1. The third-order valence-electron chi connectivity index (χ3n) is 3.88. The number of carboxylic acid groups (broad SMARTS) is 2. The second-order valence-electron chi connectivity index (χ2n) is 5.87. The number of amides is 1. The summed E-state index contributed by atoms with van der Waals surface area (Å²) in [5, 5.41) is 30.5. The van der Waals surface area contributed by atoms with Gasteiger partial charge in [0.25, 0.3) is 6.09 Å². The number of hydrogen-bond acceptors (Lipinski definition) is 4. The number of carbonyl (C=O) groups is 2. The Labute approximate surface area is 100 Å². The van der Waals surface area contributed by atoms with Crippen LogP contribution in [0.1, 0.15) is 34.1 Å². The topological polar surface area (TPSA) is 97.7 Å². The fraction of sp³-hybridized carbons (Fsp3) is 0.818. The van der Waals surface area contributed by atoms with Gasteiger partial charge in [0, 0.05) is 13.3 Å². The van der Waals surface area contributed by atoms with E-state index in [4.69, 9.17) is 0 Å². The lowest BCUT2D eigenvalue weighted by molar-refractivity contribution is -0.944. The van der Waals surface area contributed by atoms with Gasteiger partial charge in [-0.2, -0.15) is 0 Å². The normalized spacial score (nSPS) is 38.1. The first-order valence-corrected chi connectivity index (χ1v) is 5.50. The third kappa shape index (κ3) is 1.63. The molecule has 6 nitrogen and oxygen atoms in total. The first-order chi connectivity index (χ1) is 7.49. The number of carbonyl (C=O) groups excluding carboxylic acids is 1. The minimum atomic E-state index is -1.57. The van der Waals surface area contributed by atoms with Crippen molar-refractivity contribution in [3.63, 3.8) is 0 Å². The highest BCUT2D eigenvalue weighted by atomic mass is 16.4. The highest BCUT2D eigenvalue weighted by Crippen LogP contribution is 2.44. The van der Waals surface area contributed by atoms with Crippen molar-refractivity contribution in [2.45, 2.75) is 51.3 Å². The first kappa shape index (κ1) is 13.9. The Bertz CT molecular complexity index is 361. The summed E-state index contributed by atoms with van der Waals surface area (Å²) >= 11 is 0. The summed E-state index contributed by atoms with van der Waals surface area (Å²) in [6.07, 6.45) is -2.50. The van der Waals surface area contributed by atoms with E-state index in [9.17, 15) is 24.9 Å². The highest BCUT2D eigenvalue weighted by Gasteiger charge is 2.66. The second kappa shape index (κ2) is 3.68. The molecule has 2 N–H and O–H groups in total. The lowest BCUT2D eigenvalue weighted by Crippen LogP contribution is -2.76. The van der Waals surface area contributed by atoms with E-state index in [-0.39, 0.29) is 13.0 Å². The maximum atomic E-state index is 11.5. The largest absolute Gasteiger partial charge is 0.498 e. The van der Waals surface area contributed by atoms with Crippen molar-refractivity contribution in [2.75, 3.05) is 6.54 Å². The minimum absolute atomic E-state index is 0.0897. The maximum Gasteiger partial charge on any atom is 0.366 e. The molecule has 0 aromatic carbocycles. The molecule has 1 unspecified atom stereocenters. The summed E-state index contributed by atoms with van der Waals surface area (Å²) in [7, 11) is 0. The number of nitrogens with zero attached hydrogens (tertiary/aromatic N) is 1. The molecule has 0 saturated carbocycles. The standard InChI is InChI=1S/C11H19NO5/c1-10(2,3)12(9(16)17)6-7(13)5-11(12,4)8(14)15/h7,13H,5-6H2,1-4H3,(H-,14,15,16,17)/t7-,11+,12?/m1/s1. The predicted molar refractivity (Wildman–Crippen MR) is 56.9 cm³/mol. The number of likely N-dealkylation sites (tertiary alicyclic amines) is 1. The number of carboxylic acids is 1. The van der Waals surface area contributed by atoms with E-state index < -0.39 is 33.7 Å². The molecule has 1 amide bonds. The van der Waals surface area contributed by atoms with Crippen molar-refractivity contribution in [3.05, 3.63) is 0 Å². The zero-order valence-electron chi connectivity index (χ0n) is 10.6. The molecule has 1 heterocycles. The van der Waals surface area contributed by atoms with E-state index in [0.717, 1.165) is 0 Å². The summed E-state index contributed by atoms with van der Waals surface area (Å²) in [5.74, 6) is -1.23. The lowest BCUT2D eigenvalue weighted by Gasteiger charge is -2.52. The number of aliphatic hydroxyl groups excluding tert-OH is 1. The van der Waals surface area contributed by atoms with E-state index in [1.165, 1.54) is 6.92 Å². The Morgan fingerprint density at radius 1 is 1.41 bits per heavy atom. The van der Waals surface area contributed by atoms with Crippen molar-refractivity contribution >= 4 is 12.1 Å². The Morgan fingerprint density at radius 3 is 2.12 bits per heavy atom. The molecular formula is C11H19NO5. The van der Waals surface area contributed by atoms with Crippen molar-refractivity contribution in [3.8, 4) is 0 Å². The molecular weight excluding hydrogens is 226 g/mol. The first-order valence-electron chi connectivity index (χ1n) is 5.50. The van der Waals surface area contributed by atoms with Crippen LogP contribution < -0.4 is 5.11 Å². The van der Waals surface area contributed by atoms with Gasteiger partial charge in [-0.05, 0) is 20.8 Å². The van der Waals surface area contributed by atoms with Crippen LogP contribution in [0, 0.1) is 0 Å². The second-order valence-corrected chi connectivity index (χ2v) is 5.87.